The third kappa shape index (κ3) is 4.11. The Labute approximate surface area is 142 Å². The zero-order valence-corrected chi connectivity index (χ0v) is 13.9. The van der Waals surface area contributed by atoms with Crippen LogP contribution in [-0.4, -0.2) is 21.5 Å². The second-order valence-electron chi connectivity index (χ2n) is 5.00. The Hall–Kier alpha value is -2.55. The van der Waals surface area contributed by atoms with Gasteiger partial charge in [0.1, 0.15) is 4.90 Å². The van der Waals surface area contributed by atoms with Crippen molar-refractivity contribution >= 4 is 16.1 Å². The summed E-state index contributed by atoms with van der Waals surface area (Å²) in [4.78, 5) is 11.1. The molecule has 0 fully saturated rings. The first-order valence-electron chi connectivity index (χ1n) is 6.86. The number of methoxy groups -OCH3 is 1. The number of ether oxygens (including phenoxy) is 1. The van der Waals surface area contributed by atoms with Gasteiger partial charge in [-0.15, -0.1) is 0 Å². The molecule has 25 heavy (non-hydrogen) atoms. The lowest BCUT2D eigenvalue weighted by Crippen LogP contribution is -2.15. The number of para-hydroxylation sites is 1. The van der Waals surface area contributed by atoms with E-state index >= 15 is 0 Å². The number of alkyl halides is 3. The monoisotopic (exact) mass is 374 g/mol. The number of benzene rings is 2. The van der Waals surface area contributed by atoms with E-state index in [-0.39, 0.29) is 16.0 Å². The Bertz CT molecular complexity index is 904. The van der Waals surface area contributed by atoms with Gasteiger partial charge in [0.2, 0.25) is 0 Å². The minimum atomic E-state index is -4.77. The van der Waals surface area contributed by atoms with Gasteiger partial charge in [-0.25, -0.2) is 4.79 Å². The van der Waals surface area contributed by atoms with E-state index < -0.39 is 33.6 Å². The zero-order valence-electron chi connectivity index (χ0n) is 13.1. The van der Waals surface area contributed by atoms with Gasteiger partial charge in [0.25, 0.3) is 0 Å². The molecule has 0 radical (unpaired) electrons. The molecule has 5 nitrogen and oxygen atoms in total. The van der Waals surface area contributed by atoms with Crippen molar-refractivity contribution in [3.8, 4) is 5.75 Å². The summed E-state index contributed by atoms with van der Waals surface area (Å²) < 4.78 is 72.8. The number of rotatable bonds is 4. The molecule has 0 atom stereocenters. The third-order valence-electron chi connectivity index (χ3n) is 3.26. The largest absolute Gasteiger partial charge is 0.465 e. The molecule has 0 amide bonds. The van der Waals surface area contributed by atoms with Crippen molar-refractivity contribution in [1.82, 2.24) is 0 Å². The van der Waals surface area contributed by atoms with Crippen LogP contribution in [0.15, 0.2) is 47.4 Å². The molecule has 0 aliphatic carbocycles. The average molecular weight is 374 g/mol. The van der Waals surface area contributed by atoms with Gasteiger partial charge in [0.05, 0.1) is 18.2 Å². The summed E-state index contributed by atoms with van der Waals surface area (Å²) in [7, 11) is -3.36. The van der Waals surface area contributed by atoms with Gasteiger partial charge in [-0.05, 0) is 42.8 Å². The molecule has 2 aromatic carbocycles. The molecule has 0 aromatic heterocycles. The summed E-state index contributed by atoms with van der Waals surface area (Å²) >= 11 is 0. The van der Waals surface area contributed by atoms with E-state index in [2.05, 4.69) is 8.92 Å². The first-order valence-corrected chi connectivity index (χ1v) is 8.27. The van der Waals surface area contributed by atoms with E-state index in [1.807, 2.05) is 0 Å². The molecule has 0 saturated carbocycles. The van der Waals surface area contributed by atoms with Gasteiger partial charge < -0.3 is 8.92 Å². The smallest absolute Gasteiger partial charge is 0.420 e. The van der Waals surface area contributed by atoms with E-state index in [9.17, 15) is 26.4 Å². The minimum Gasteiger partial charge on any atom is -0.465 e. The van der Waals surface area contributed by atoms with Crippen LogP contribution in [0, 0.1) is 6.92 Å². The van der Waals surface area contributed by atoms with E-state index in [1.54, 1.807) is 0 Å². The van der Waals surface area contributed by atoms with Crippen LogP contribution < -0.4 is 4.18 Å². The van der Waals surface area contributed by atoms with Gasteiger partial charge in [0, 0.05) is 0 Å². The highest BCUT2D eigenvalue weighted by molar-refractivity contribution is 7.87. The van der Waals surface area contributed by atoms with Crippen molar-refractivity contribution in [2.24, 2.45) is 0 Å². The van der Waals surface area contributed by atoms with Crippen molar-refractivity contribution in [1.29, 1.82) is 0 Å². The normalized spacial score (nSPS) is 11.9. The molecule has 0 unspecified atom stereocenters. The van der Waals surface area contributed by atoms with Gasteiger partial charge >= 0.3 is 22.3 Å². The van der Waals surface area contributed by atoms with Crippen molar-refractivity contribution in [3.05, 3.63) is 59.2 Å². The van der Waals surface area contributed by atoms with Crippen LogP contribution >= 0.6 is 0 Å². The molecule has 2 rings (SSSR count). The van der Waals surface area contributed by atoms with Crippen LogP contribution in [0.3, 0.4) is 0 Å². The van der Waals surface area contributed by atoms with E-state index in [4.69, 9.17) is 0 Å². The van der Waals surface area contributed by atoms with Crippen LogP contribution in [0.2, 0.25) is 0 Å². The number of hydrogen-bond acceptors (Lipinski definition) is 5. The lowest BCUT2D eigenvalue weighted by atomic mass is 10.1. The maximum atomic E-state index is 13.0. The van der Waals surface area contributed by atoms with Gasteiger partial charge in [-0.2, -0.15) is 21.6 Å². The first kappa shape index (κ1) is 18.8. The summed E-state index contributed by atoms with van der Waals surface area (Å²) in [5, 5.41) is 0. The van der Waals surface area contributed by atoms with Gasteiger partial charge in [-0.3, -0.25) is 0 Å². The minimum absolute atomic E-state index is 0.106. The third-order valence-corrected chi connectivity index (χ3v) is 4.65. The van der Waals surface area contributed by atoms with E-state index in [1.165, 1.54) is 32.2 Å². The molecule has 134 valence electrons. The molecule has 0 spiro atoms. The van der Waals surface area contributed by atoms with Crippen LogP contribution in [0.5, 0.6) is 5.75 Å². The molecule has 0 bridgehead atoms. The SMILES string of the molecule is COC(=O)c1ccc(S(=O)(=O)Oc2ccccc2C(F)(F)F)c(C)c1. The van der Waals surface area contributed by atoms with E-state index in [0.717, 1.165) is 24.3 Å². The van der Waals surface area contributed by atoms with Crippen LogP contribution in [0.25, 0.3) is 0 Å². The summed E-state index contributed by atoms with van der Waals surface area (Å²) in [5.74, 6) is -1.50. The number of carbonyl (C=O) groups is 1. The number of esters is 1. The van der Waals surface area contributed by atoms with Crippen molar-refractivity contribution in [3.63, 3.8) is 0 Å². The number of hydrogen-bond donors (Lipinski definition) is 0. The number of aryl methyl sites for hydroxylation is 1. The first-order chi connectivity index (χ1) is 11.6. The highest BCUT2D eigenvalue weighted by Gasteiger charge is 2.35. The van der Waals surface area contributed by atoms with Crippen LogP contribution in [0.4, 0.5) is 13.2 Å². The quantitative estimate of drug-likeness (QED) is 0.605. The molecule has 0 aliphatic heterocycles. The Morgan fingerprint density at radius 1 is 1.08 bits per heavy atom. The maximum absolute atomic E-state index is 13.0. The topological polar surface area (TPSA) is 69.7 Å². The van der Waals surface area contributed by atoms with Gasteiger partial charge in [-0.1, -0.05) is 12.1 Å². The Balaban J connectivity index is 2.43. The second kappa shape index (κ2) is 6.75. The Morgan fingerprint density at radius 3 is 2.28 bits per heavy atom. The highest BCUT2D eigenvalue weighted by atomic mass is 32.2. The lowest BCUT2D eigenvalue weighted by molar-refractivity contribution is -0.138. The van der Waals surface area contributed by atoms with Crippen LogP contribution in [-0.2, 0) is 21.0 Å². The predicted octanol–water partition coefficient (Wildman–Crippen LogP) is 3.57. The zero-order chi connectivity index (χ0) is 18.8. The number of carbonyl (C=O) groups excluding carboxylic acids is 1. The van der Waals surface area contributed by atoms with Crippen molar-refractivity contribution in [2.45, 2.75) is 18.0 Å². The molecular weight excluding hydrogens is 361 g/mol. The molecule has 0 aliphatic rings. The molecule has 2 aromatic rings. The second-order valence-corrected chi connectivity index (χ2v) is 6.52. The summed E-state index contributed by atoms with van der Waals surface area (Å²) in [6.45, 7) is 1.39. The van der Waals surface area contributed by atoms with Crippen molar-refractivity contribution in [2.75, 3.05) is 7.11 Å². The lowest BCUT2D eigenvalue weighted by Gasteiger charge is -2.14. The number of halogens is 3. The van der Waals surface area contributed by atoms with Crippen LogP contribution in [0.1, 0.15) is 21.5 Å². The Morgan fingerprint density at radius 2 is 1.72 bits per heavy atom. The maximum Gasteiger partial charge on any atom is 0.420 e. The van der Waals surface area contributed by atoms with Crippen molar-refractivity contribution < 1.29 is 35.3 Å². The molecule has 0 saturated heterocycles. The average Bonchev–Trinajstić information content (AvgIpc) is 2.52. The highest BCUT2D eigenvalue weighted by Crippen LogP contribution is 2.37. The molecular formula is C16H13F3O5S. The summed E-state index contributed by atoms with van der Waals surface area (Å²) in [6.07, 6.45) is -4.77. The van der Waals surface area contributed by atoms with E-state index in [0.29, 0.717) is 0 Å². The standard InChI is InChI=1S/C16H13F3O5S/c1-10-9-11(15(20)23-2)7-8-14(10)25(21,22)24-13-6-4-3-5-12(13)16(17,18)19/h3-9H,1-2H3. The predicted molar refractivity (Wildman–Crippen MR) is 81.8 cm³/mol. The summed E-state index contributed by atoms with van der Waals surface area (Å²) in [6, 6.07) is 7.50. The fourth-order valence-electron chi connectivity index (χ4n) is 2.11. The molecule has 9 heteroatoms. The molecule has 0 N–H and O–H groups in total. The van der Waals surface area contributed by atoms with Gasteiger partial charge in [0.15, 0.2) is 5.75 Å². The fourth-order valence-corrected chi connectivity index (χ4v) is 3.27. The fraction of sp³-hybridized carbons (Fsp3) is 0.188. The molecule has 0 heterocycles. The summed E-state index contributed by atoms with van der Waals surface area (Å²) in [5.41, 5.74) is -0.968. The Kier molecular flexibility index (Phi) is 5.07.